The van der Waals surface area contributed by atoms with E-state index in [1.165, 1.54) is 49.2 Å². The number of anilines is 1. The summed E-state index contributed by atoms with van der Waals surface area (Å²) in [5.74, 6) is 1.19. The lowest BCUT2D eigenvalue weighted by Crippen LogP contribution is -2.33. The van der Waals surface area contributed by atoms with E-state index in [2.05, 4.69) is 29.1 Å². The molecular formula is C22H28N4O3. The number of fused-ring (bicyclic) bond motifs is 1. The first-order valence-electron chi connectivity index (χ1n) is 10.4. The largest absolute Gasteiger partial charge is 0.507 e. The maximum Gasteiger partial charge on any atom is 0.419 e. The van der Waals surface area contributed by atoms with Gasteiger partial charge in [0.2, 0.25) is 0 Å². The number of aromatic nitrogens is 3. The summed E-state index contributed by atoms with van der Waals surface area (Å²) in [7, 11) is 3.70. The summed E-state index contributed by atoms with van der Waals surface area (Å²) >= 11 is 0. The number of benzene rings is 1. The molecule has 0 aliphatic heterocycles. The highest BCUT2D eigenvalue weighted by Gasteiger charge is 2.23. The summed E-state index contributed by atoms with van der Waals surface area (Å²) in [6.07, 6.45) is 7.50. The number of oxazole rings is 1. The lowest BCUT2D eigenvalue weighted by Gasteiger charge is -2.29. The molecule has 2 heterocycles. The van der Waals surface area contributed by atoms with Gasteiger partial charge in [0.05, 0.1) is 11.2 Å². The average Bonchev–Trinajstić information content (AvgIpc) is 2.91. The first-order chi connectivity index (χ1) is 14.0. The van der Waals surface area contributed by atoms with E-state index in [9.17, 15) is 9.90 Å². The molecule has 0 unspecified atom stereocenters. The molecule has 1 N–H and O–H groups in total. The van der Waals surface area contributed by atoms with Gasteiger partial charge in [-0.1, -0.05) is 32.6 Å². The number of phenolic OH excluding ortho intramolecular Hbond substituents is 1. The molecule has 1 saturated carbocycles. The molecule has 0 amide bonds. The number of hydrogen-bond acceptors (Lipinski definition) is 6. The van der Waals surface area contributed by atoms with E-state index >= 15 is 0 Å². The molecule has 4 rings (SSSR count). The van der Waals surface area contributed by atoms with Crippen molar-refractivity contribution in [3.05, 3.63) is 34.8 Å². The van der Waals surface area contributed by atoms with E-state index in [1.54, 1.807) is 13.1 Å². The molecule has 2 atom stereocenters. The molecule has 0 bridgehead atoms. The van der Waals surface area contributed by atoms with E-state index in [0.29, 0.717) is 28.4 Å². The number of hydrogen-bond donors (Lipinski definition) is 1. The van der Waals surface area contributed by atoms with Crippen LogP contribution in [0.5, 0.6) is 5.75 Å². The van der Waals surface area contributed by atoms with Gasteiger partial charge in [0.25, 0.3) is 0 Å². The topological polar surface area (TPSA) is 84.4 Å². The standard InChI is InChI=1S/C22H28N4O3/c1-4-14-7-5-6-8-15(11-14)25(2)21-10-9-17(23-24-21)16-12-20-18(13-19(16)27)26(3)22(28)29-20/h9-10,12-15,27H,4-8,11H2,1-3H3/t14-,15+/m1/s1. The van der Waals surface area contributed by atoms with Crippen molar-refractivity contribution in [2.75, 3.05) is 11.9 Å². The van der Waals surface area contributed by atoms with Gasteiger partial charge < -0.3 is 14.4 Å². The van der Waals surface area contributed by atoms with Crippen molar-refractivity contribution in [1.29, 1.82) is 0 Å². The Labute approximate surface area is 170 Å². The molecule has 1 aromatic carbocycles. The molecule has 1 fully saturated rings. The number of rotatable bonds is 4. The molecule has 1 aliphatic carbocycles. The third-order valence-corrected chi connectivity index (χ3v) is 6.33. The quantitative estimate of drug-likeness (QED) is 0.669. The van der Waals surface area contributed by atoms with Crippen molar-refractivity contribution < 1.29 is 9.52 Å². The van der Waals surface area contributed by atoms with E-state index < -0.39 is 5.76 Å². The smallest absolute Gasteiger partial charge is 0.419 e. The van der Waals surface area contributed by atoms with Crippen molar-refractivity contribution in [1.82, 2.24) is 14.8 Å². The second-order valence-electron chi connectivity index (χ2n) is 8.10. The molecule has 0 radical (unpaired) electrons. The predicted molar refractivity (Wildman–Crippen MR) is 113 cm³/mol. The van der Waals surface area contributed by atoms with Crippen molar-refractivity contribution in [2.45, 2.75) is 51.5 Å². The Hall–Kier alpha value is -2.83. The molecule has 0 saturated heterocycles. The maximum atomic E-state index is 11.7. The highest BCUT2D eigenvalue weighted by atomic mass is 16.4. The van der Waals surface area contributed by atoms with E-state index in [0.717, 1.165) is 11.7 Å². The van der Waals surface area contributed by atoms with Gasteiger partial charge in [0, 0.05) is 31.8 Å². The summed E-state index contributed by atoms with van der Waals surface area (Å²) in [4.78, 5) is 14.0. The van der Waals surface area contributed by atoms with Crippen LogP contribution in [0.3, 0.4) is 0 Å². The molecule has 2 aromatic heterocycles. The molecular weight excluding hydrogens is 368 g/mol. The van der Waals surface area contributed by atoms with Crippen LogP contribution in [-0.2, 0) is 7.05 Å². The fraction of sp³-hybridized carbons (Fsp3) is 0.500. The molecule has 7 heteroatoms. The highest BCUT2D eigenvalue weighted by molar-refractivity contribution is 5.83. The first-order valence-corrected chi connectivity index (χ1v) is 10.4. The Kier molecular flexibility index (Phi) is 5.30. The van der Waals surface area contributed by atoms with Crippen LogP contribution in [0, 0.1) is 5.92 Å². The zero-order valence-electron chi connectivity index (χ0n) is 17.3. The van der Waals surface area contributed by atoms with Crippen LogP contribution >= 0.6 is 0 Å². The van der Waals surface area contributed by atoms with Crippen LogP contribution < -0.4 is 10.7 Å². The molecule has 1 aliphatic rings. The van der Waals surface area contributed by atoms with Crippen molar-refractivity contribution in [3.63, 3.8) is 0 Å². The molecule has 3 aromatic rings. The van der Waals surface area contributed by atoms with Crippen LogP contribution in [0.15, 0.2) is 33.5 Å². The Bertz CT molecular complexity index is 1050. The second-order valence-corrected chi connectivity index (χ2v) is 8.10. The number of aryl methyl sites for hydroxylation is 1. The van der Waals surface area contributed by atoms with E-state index in [1.807, 2.05) is 12.1 Å². The Morgan fingerprint density at radius 1 is 1.24 bits per heavy atom. The van der Waals surface area contributed by atoms with Gasteiger partial charge >= 0.3 is 5.76 Å². The van der Waals surface area contributed by atoms with Crippen LogP contribution in [0.25, 0.3) is 22.4 Å². The van der Waals surface area contributed by atoms with Gasteiger partial charge in [-0.2, -0.15) is 0 Å². The van der Waals surface area contributed by atoms with Crippen LogP contribution in [0.1, 0.15) is 45.4 Å². The third-order valence-electron chi connectivity index (χ3n) is 6.33. The van der Waals surface area contributed by atoms with E-state index in [-0.39, 0.29) is 5.75 Å². The minimum atomic E-state index is -0.464. The Balaban J connectivity index is 1.60. The van der Waals surface area contributed by atoms with Gasteiger partial charge in [-0.3, -0.25) is 4.57 Å². The van der Waals surface area contributed by atoms with Gasteiger partial charge in [0.1, 0.15) is 5.75 Å². The average molecular weight is 396 g/mol. The van der Waals surface area contributed by atoms with Crippen molar-refractivity contribution in [2.24, 2.45) is 13.0 Å². The fourth-order valence-electron chi connectivity index (χ4n) is 4.37. The second kappa shape index (κ2) is 7.89. The Morgan fingerprint density at radius 3 is 2.76 bits per heavy atom. The first kappa shape index (κ1) is 19.5. The minimum absolute atomic E-state index is 0.0406. The molecule has 7 nitrogen and oxygen atoms in total. The molecule has 0 spiro atoms. The van der Waals surface area contributed by atoms with Crippen molar-refractivity contribution >= 4 is 16.9 Å². The fourth-order valence-corrected chi connectivity index (χ4v) is 4.37. The lowest BCUT2D eigenvalue weighted by atomic mass is 9.95. The SMILES string of the molecule is CC[C@@H]1CCCC[C@H](N(C)c2ccc(-c3cc4oc(=O)n(C)c4cc3O)nn2)C1. The lowest BCUT2D eigenvalue weighted by molar-refractivity contribution is 0.413. The number of nitrogens with zero attached hydrogens (tertiary/aromatic N) is 4. The van der Waals surface area contributed by atoms with Crippen molar-refractivity contribution in [3.8, 4) is 17.0 Å². The Morgan fingerprint density at radius 2 is 2.03 bits per heavy atom. The van der Waals surface area contributed by atoms with Gasteiger partial charge in [-0.05, 0) is 37.0 Å². The van der Waals surface area contributed by atoms with Crippen LogP contribution in [0.2, 0.25) is 0 Å². The zero-order valence-corrected chi connectivity index (χ0v) is 17.3. The van der Waals surface area contributed by atoms with Crippen LogP contribution in [0.4, 0.5) is 5.82 Å². The summed E-state index contributed by atoms with van der Waals surface area (Å²) in [6.45, 7) is 2.28. The van der Waals surface area contributed by atoms with Gasteiger partial charge in [0.15, 0.2) is 11.4 Å². The normalized spacial score (nSPS) is 20.0. The predicted octanol–water partition coefficient (Wildman–Crippen LogP) is 4.09. The summed E-state index contributed by atoms with van der Waals surface area (Å²) in [5, 5.41) is 19.2. The van der Waals surface area contributed by atoms with Gasteiger partial charge in [-0.25, -0.2) is 4.79 Å². The van der Waals surface area contributed by atoms with E-state index in [4.69, 9.17) is 4.42 Å². The minimum Gasteiger partial charge on any atom is -0.507 e. The van der Waals surface area contributed by atoms with Crippen LogP contribution in [-0.4, -0.2) is 33.0 Å². The summed E-state index contributed by atoms with van der Waals surface area (Å²) < 4.78 is 6.59. The third kappa shape index (κ3) is 3.73. The summed E-state index contributed by atoms with van der Waals surface area (Å²) in [6, 6.07) is 7.43. The zero-order chi connectivity index (χ0) is 20.5. The maximum absolute atomic E-state index is 11.7. The molecule has 29 heavy (non-hydrogen) atoms. The molecule has 154 valence electrons. The monoisotopic (exact) mass is 396 g/mol. The number of phenols is 1. The highest BCUT2D eigenvalue weighted by Crippen LogP contribution is 2.33. The van der Waals surface area contributed by atoms with Gasteiger partial charge in [-0.15, -0.1) is 10.2 Å². The summed E-state index contributed by atoms with van der Waals surface area (Å²) in [5.41, 5.74) is 1.99. The number of aromatic hydroxyl groups is 1.